The molecule has 1 heterocycles. The number of aromatic nitrogens is 2. The molecule has 0 atom stereocenters. The summed E-state index contributed by atoms with van der Waals surface area (Å²) in [6, 6.07) is 15.8. The Balaban J connectivity index is 1.68. The van der Waals surface area contributed by atoms with E-state index < -0.39 is 0 Å². The first-order chi connectivity index (χ1) is 11.2. The van der Waals surface area contributed by atoms with Gasteiger partial charge >= 0.3 is 0 Å². The Bertz CT molecular complexity index is 821. The van der Waals surface area contributed by atoms with Gasteiger partial charge in [0.25, 0.3) is 5.91 Å². The van der Waals surface area contributed by atoms with E-state index in [1.165, 1.54) is 5.56 Å². The number of rotatable bonds is 5. The first-order valence-electron chi connectivity index (χ1n) is 7.96. The zero-order valence-electron chi connectivity index (χ0n) is 13.5. The van der Waals surface area contributed by atoms with Crippen LogP contribution in [0, 0.1) is 0 Å². The number of benzene rings is 2. The molecule has 2 aromatic carbocycles. The van der Waals surface area contributed by atoms with Crippen molar-refractivity contribution < 1.29 is 4.79 Å². The molecule has 0 aliphatic heterocycles. The third-order valence-corrected chi connectivity index (χ3v) is 4.09. The summed E-state index contributed by atoms with van der Waals surface area (Å²) >= 11 is 0. The molecule has 4 nitrogen and oxygen atoms in total. The Kier molecular flexibility index (Phi) is 4.42. The van der Waals surface area contributed by atoms with Crippen LogP contribution in [0.1, 0.15) is 28.7 Å². The van der Waals surface area contributed by atoms with E-state index in [9.17, 15) is 4.79 Å². The van der Waals surface area contributed by atoms with E-state index in [1.54, 1.807) is 0 Å². The highest BCUT2D eigenvalue weighted by Crippen LogP contribution is 2.17. The lowest BCUT2D eigenvalue weighted by atomic mass is 10.1. The Morgan fingerprint density at radius 1 is 1.17 bits per heavy atom. The third kappa shape index (κ3) is 3.26. The molecular formula is C19H21N3O. The van der Waals surface area contributed by atoms with Gasteiger partial charge in [0.1, 0.15) is 5.82 Å². The lowest BCUT2D eigenvalue weighted by molar-refractivity contribution is 0.0954. The molecule has 1 aromatic heterocycles. The maximum absolute atomic E-state index is 12.3. The number of aryl methyl sites for hydroxylation is 2. The third-order valence-electron chi connectivity index (χ3n) is 4.09. The number of imidazole rings is 1. The van der Waals surface area contributed by atoms with Crippen LogP contribution in [0.3, 0.4) is 0 Å². The zero-order chi connectivity index (χ0) is 16.2. The van der Waals surface area contributed by atoms with Crippen LogP contribution >= 0.6 is 0 Å². The van der Waals surface area contributed by atoms with Crippen molar-refractivity contribution >= 4 is 16.9 Å². The number of hydrogen-bond donors (Lipinski definition) is 1. The van der Waals surface area contributed by atoms with Gasteiger partial charge < -0.3 is 9.88 Å². The average molecular weight is 307 g/mol. The van der Waals surface area contributed by atoms with E-state index >= 15 is 0 Å². The first kappa shape index (κ1) is 15.3. The van der Waals surface area contributed by atoms with Crippen LogP contribution in [0.15, 0.2) is 48.5 Å². The van der Waals surface area contributed by atoms with Crippen molar-refractivity contribution in [2.75, 3.05) is 6.54 Å². The van der Waals surface area contributed by atoms with E-state index in [-0.39, 0.29) is 5.91 Å². The Hall–Kier alpha value is -2.62. The number of fused-ring (bicyclic) bond motifs is 1. The summed E-state index contributed by atoms with van der Waals surface area (Å²) < 4.78 is 2.08. The highest BCUT2D eigenvalue weighted by molar-refractivity contribution is 5.97. The summed E-state index contributed by atoms with van der Waals surface area (Å²) in [6.45, 7) is 2.71. The van der Waals surface area contributed by atoms with Crippen LogP contribution in [0.25, 0.3) is 11.0 Å². The predicted octanol–water partition coefficient (Wildman–Crippen LogP) is 3.11. The van der Waals surface area contributed by atoms with Crippen molar-refractivity contribution in [1.29, 1.82) is 0 Å². The van der Waals surface area contributed by atoms with E-state index in [2.05, 4.69) is 33.9 Å². The minimum Gasteiger partial charge on any atom is -0.352 e. The maximum atomic E-state index is 12.3. The van der Waals surface area contributed by atoms with Crippen molar-refractivity contribution in [2.45, 2.75) is 19.8 Å². The fraction of sp³-hybridized carbons (Fsp3) is 0.263. The number of nitrogens with zero attached hydrogens (tertiary/aromatic N) is 2. The predicted molar refractivity (Wildman–Crippen MR) is 92.6 cm³/mol. The molecule has 0 saturated carbocycles. The lowest BCUT2D eigenvalue weighted by Gasteiger charge is -2.06. The van der Waals surface area contributed by atoms with Crippen LogP contribution in [-0.4, -0.2) is 22.0 Å². The molecule has 0 aliphatic carbocycles. The van der Waals surface area contributed by atoms with E-state index in [0.29, 0.717) is 12.1 Å². The lowest BCUT2D eigenvalue weighted by Crippen LogP contribution is -2.25. The van der Waals surface area contributed by atoms with E-state index in [0.717, 1.165) is 29.7 Å². The van der Waals surface area contributed by atoms with Crippen molar-refractivity contribution in [3.05, 3.63) is 65.5 Å². The van der Waals surface area contributed by atoms with Gasteiger partial charge in [-0.25, -0.2) is 4.98 Å². The van der Waals surface area contributed by atoms with Gasteiger partial charge in [0.05, 0.1) is 11.0 Å². The Morgan fingerprint density at radius 3 is 2.70 bits per heavy atom. The highest BCUT2D eigenvalue weighted by Gasteiger charge is 2.10. The Labute approximate surface area is 136 Å². The molecule has 3 aromatic rings. The molecule has 4 heteroatoms. The molecule has 1 amide bonds. The van der Waals surface area contributed by atoms with Crippen molar-refractivity contribution in [2.24, 2.45) is 7.05 Å². The summed E-state index contributed by atoms with van der Waals surface area (Å²) in [5, 5.41) is 2.97. The molecular weight excluding hydrogens is 286 g/mol. The SMILES string of the molecule is CCc1nc2cc(C(=O)NCCc3ccccc3)ccc2n1C. The topological polar surface area (TPSA) is 46.9 Å². The summed E-state index contributed by atoms with van der Waals surface area (Å²) in [4.78, 5) is 16.9. The summed E-state index contributed by atoms with van der Waals surface area (Å²) in [5.41, 5.74) is 3.81. The van der Waals surface area contributed by atoms with E-state index in [4.69, 9.17) is 0 Å². The minimum absolute atomic E-state index is 0.0495. The molecule has 0 unspecified atom stereocenters. The van der Waals surface area contributed by atoms with Crippen LogP contribution in [0.5, 0.6) is 0 Å². The van der Waals surface area contributed by atoms with Gasteiger partial charge in [-0.2, -0.15) is 0 Å². The second-order valence-electron chi connectivity index (χ2n) is 5.64. The van der Waals surface area contributed by atoms with Crippen LogP contribution in [0.2, 0.25) is 0 Å². The quantitative estimate of drug-likeness (QED) is 0.787. The molecule has 23 heavy (non-hydrogen) atoms. The molecule has 1 N–H and O–H groups in total. The normalized spacial score (nSPS) is 10.9. The number of amides is 1. The van der Waals surface area contributed by atoms with Gasteiger partial charge in [-0.3, -0.25) is 4.79 Å². The van der Waals surface area contributed by atoms with Crippen LogP contribution < -0.4 is 5.32 Å². The molecule has 118 valence electrons. The number of carbonyl (C=O) groups is 1. The van der Waals surface area contributed by atoms with Crippen molar-refractivity contribution in [3.63, 3.8) is 0 Å². The standard InChI is InChI=1S/C19H21N3O/c1-3-18-21-16-13-15(9-10-17(16)22(18)2)19(23)20-12-11-14-7-5-4-6-8-14/h4-10,13H,3,11-12H2,1-2H3,(H,20,23). The van der Waals surface area contributed by atoms with Crippen molar-refractivity contribution in [1.82, 2.24) is 14.9 Å². The highest BCUT2D eigenvalue weighted by atomic mass is 16.1. The van der Waals surface area contributed by atoms with Crippen LogP contribution in [-0.2, 0) is 19.9 Å². The average Bonchev–Trinajstić information content (AvgIpc) is 2.91. The molecule has 0 fully saturated rings. The minimum atomic E-state index is -0.0495. The second-order valence-corrected chi connectivity index (χ2v) is 5.64. The molecule has 3 rings (SSSR count). The molecule has 0 bridgehead atoms. The first-order valence-corrected chi connectivity index (χ1v) is 7.96. The fourth-order valence-electron chi connectivity index (χ4n) is 2.77. The van der Waals surface area contributed by atoms with E-state index in [1.807, 2.05) is 43.4 Å². The molecule has 0 spiro atoms. The fourth-order valence-corrected chi connectivity index (χ4v) is 2.77. The number of nitrogens with one attached hydrogen (secondary N) is 1. The van der Waals surface area contributed by atoms with Gasteiger partial charge in [0.15, 0.2) is 0 Å². The maximum Gasteiger partial charge on any atom is 0.251 e. The smallest absolute Gasteiger partial charge is 0.251 e. The summed E-state index contributed by atoms with van der Waals surface area (Å²) in [7, 11) is 2.01. The van der Waals surface area contributed by atoms with Crippen molar-refractivity contribution in [3.8, 4) is 0 Å². The molecule has 0 saturated heterocycles. The Morgan fingerprint density at radius 2 is 1.96 bits per heavy atom. The molecule has 0 radical (unpaired) electrons. The number of carbonyl (C=O) groups excluding carboxylic acids is 1. The van der Waals surface area contributed by atoms with Gasteiger partial charge in [-0.1, -0.05) is 37.3 Å². The monoisotopic (exact) mass is 307 g/mol. The molecule has 0 aliphatic rings. The summed E-state index contributed by atoms with van der Waals surface area (Å²) in [5.74, 6) is 0.980. The van der Waals surface area contributed by atoms with Gasteiger partial charge in [0, 0.05) is 25.6 Å². The van der Waals surface area contributed by atoms with Gasteiger partial charge in [-0.15, -0.1) is 0 Å². The van der Waals surface area contributed by atoms with Gasteiger partial charge in [-0.05, 0) is 30.2 Å². The summed E-state index contributed by atoms with van der Waals surface area (Å²) in [6.07, 6.45) is 1.71. The largest absolute Gasteiger partial charge is 0.352 e. The number of hydrogen-bond acceptors (Lipinski definition) is 2. The van der Waals surface area contributed by atoms with Crippen LogP contribution in [0.4, 0.5) is 0 Å². The van der Waals surface area contributed by atoms with Gasteiger partial charge in [0.2, 0.25) is 0 Å². The second kappa shape index (κ2) is 6.65. The zero-order valence-corrected chi connectivity index (χ0v) is 13.5.